The standard InChI is InChI=1S/C15H18F3N3O2/c1-20-7-8-23-12-4-6-21(9-11(12)20)14(22)10-3-2-5-19-13(10)15(16,17)18/h2-3,5,11-12H,4,6-9H2,1H3/t11-,12+/m1/s1. The topological polar surface area (TPSA) is 45.7 Å². The largest absolute Gasteiger partial charge is 0.434 e. The van der Waals surface area contributed by atoms with Crippen LogP contribution in [0.15, 0.2) is 18.3 Å². The average Bonchev–Trinajstić information content (AvgIpc) is 2.53. The molecule has 2 saturated heterocycles. The van der Waals surface area contributed by atoms with Crippen molar-refractivity contribution in [1.82, 2.24) is 14.8 Å². The normalized spacial score (nSPS) is 26.0. The maximum Gasteiger partial charge on any atom is 0.434 e. The second-order valence-electron chi connectivity index (χ2n) is 5.89. The fourth-order valence-corrected chi connectivity index (χ4v) is 3.20. The number of aromatic nitrogens is 1. The molecule has 126 valence electrons. The van der Waals surface area contributed by atoms with Crippen molar-refractivity contribution >= 4 is 5.91 Å². The number of nitrogens with zero attached hydrogens (tertiary/aromatic N) is 3. The molecule has 1 aromatic heterocycles. The Labute approximate surface area is 132 Å². The number of carbonyl (C=O) groups is 1. The Morgan fingerprint density at radius 3 is 2.91 bits per heavy atom. The molecule has 2 aliphatic heterocycles. The van der Waals surface area contributed by atoms with Crippen molar-refractivity contribution in [1.29, 1.82) is 0 Å². The Hall–Kier alpha value is -1.67. The molecule has 0 spiro atoms. The molecule has 2 atom stereocenters. The Morgan fingerprint density at radius 2 is 2.17 bits per heavy atom. The first kappa shape index (κ1) is 16.2. The SMILES string of the molecule is CN1CCO[C@H]2CCN(C(=O)c3cccnc3C(F)(F)F)C[C@H]21. The van der Waals surface area contributed by atoms with Gasteiger partial charge in [-0.3, -0.25) is 14.7 Å². The Bertz CT molecular complexity index is 594. The molecular formula is C15H18F3N3O2. The van der Waals surface area contributed by atoms with Crippen LogP contribution >= 0.6 is 0 Å². The van der Waals surface area contributed by atoms with Gasteiger partial charge in [0.2, 0.25) is 0 Å². The molecular weight excluding hydrogens is 311 g/mol. The summed E-state index contributed by atoms with van der Waals surface area (Å²) in [5.41, 5.74) is -1.52. The van der Waals surface area contributed by atoms with E-state index in [1.165, 1.54) is 17.0 Å². The van der Waals surface area contributed by atoms with Crippen LogP contribution in [0.3, 0.4) is 0 Å². The van der Waals surface area contributed by atoms with Crippen molar-refractivity contribution in [3.05, 3.63) is 29.6 Å². The molecule has 0 bridgehead atoms. The van der Waals surface area contributed by atoms with Gasteiger partial charge in [-0.25, -0.2) is 0 Å². The number of carbonyl (C=O) groups excluding carboxylic acids is 1. The van der Waals surface area contributed by atoms with E-state index in [2.05, 4.69) is 9.88 Å². The summed E-state index contributed by atoms with van der Waals surface area (Å²) in [6.45, 7) is 2.16. The van der Waals surface area contributed by atoms with Gasteiger partial charge in [-0.1, -0.05) is 0 Å². The maximum atomic E-state index is 13.0. The lowest BCUT2D eigenvalue weighted by molar-refractivity contribution is -0.141. The van der Waals surface area contributed by atoms with Crippen LogP contribution in [0.1, 0.15) is 22.5 Å². The van der Waals surface area contributed by atoms with Gasteiger partial charge in [-0.05, 0) is 25.6 Å². The van der Waals surface area contributed by atoms with Crippen molar-refractivity contribution in [3.8, 4) is 0 Å². The van der Waals surface area contributed by atoms with Crippen LogP contribution < -0.4 is 0 Å². The second kappa shape index (κ2) is 6.09. The van der Waals surface area contributed by atoms with Gasteiger partial charge in [0.15, 0.2) is 5.69 Å². The second-order valence-corrected chi connectivity index (χ2v) is 5.89. The van der Waals surface area contributed by atoms with Crippen LogP contribution in [0.4, 0.5) is 13.2 Å². The predicted octanol–water partition coefficient (Wildman–Crippen LogP) is 1.65. The zero-order valence-corrected chi connectivity index (χ0v) is 12.7. The Morgan fingerprint density at radius 1 is 1.39 bits per heavy atom. The number of morpholine rings is 1. The summed E-state index contributed by atoms with van der Waals surface area (Å²) in [4.78, 5) is 19.5. The number of rotatable bonds is 1. The molecule has 0 radical (unpaired) electrons. The van der Waals surface area contributed by atoms with Gasteiger partial charge >= 0.3 is 6.18 Å². The third-order valence-electron chi connectivity index (χ3n) is 4.46. The van der Waals surface area contributed by atoms with Crippen LogP contribution in [-0.2, 0) is 10.9 Å². The first-order valence-electron chi connectivity index (χ1n) is 7.51. The third-order valence-corrected chi connectivity index (χ3v) is 4.46. The van der Waals surface area contributed by atoms with Crippen molar-refractivity contribution in [3.63, 3.8) is 0 Å². The Balaban J connectivity index is 1.82. The quantitative estimate of drug-likeness (QED) is 0.786. The third kappa shape index (κ3) is 3.18. The lowest BCUT2D eigenvalue weighted by Gasteiger charge is -2.45. The molecule has 5 nitrogen and oxygen atoms in total. The highest BCUT2D eigenvalue weighted by atomic mass is 19.4. The van der Waals surface area contributed by atoms with Gasteiger partial charge in [0.05, 0.1) is 24.3 Å². The summed E-state index contributed by atoms with van der Waals surface area (Å²) in [7, 11) is 1.94. The van der Waals surface area contributed by atoms with E-state index in [0.29, 0.717) is 26.1 Å². The lowest BCUT2D eigenvalue weighted by atomic mass is 9.98. The summed E-state index contributed by atoms with van der Waals surface area (Å²) in [6.07, 6.45) is -2.93. The van der Waals surface area contributed by atoms with Crippen molar-refractivity contribution < 1.29 is 22.7 Å². The van der Waals surface area contributed by atoms with Crippen molar-refractivity contribution in [2.45, 2.75) is 24.7 Å². The van der Waals surface area contributed by atoms with E-state index in [-0.39, 0.29) is 12.1 Å². The van der Waals surface area contributed by atoms with E-state index in [1.54, 1.807) is 0 Å². The van der Waals surface area contributed by atoms with Gasteiger partial charge in [0, 0.05) is 25.8 Å². The van der Waals surface area contributed by atoms with Gasteiger partial charge in [0.25, 0.3) is 5.91 Å². The fraction of sp³-hybridized carbons (Fsp3) is 0.600. The number of pyridine rings is 1. The van der Waals surface area contributed by atoms with Crippen LogP contribution in [0.25, 0.3) is 0 Å². The van der Waals surface area contributed by atoms with Crippen LogP contribution in [0.2, 0.25) is 0 Å². The minimum absolute atomic E-state index is 0.0208. The van der Waals surface area contributed by atoms with Crippen molar-refractivity contribution in [2.24, 2.45) is 0 Å². The number of alkyl halides is 3. The van der Waals surface area contributed by atoms with Crippen LogP contribution in [-0.4, -0.2) is 66.1 Å². The first-order valence-corrected chi connectivity index (χ1v) is 7.51. The molecule has 0 saturated carbocycles. The molecule has 0 N–H and O–H groups in total. The number of halogens is 3. The smallest absolute Gasteiger partial charge is 0.375 e. The van der Waals surface area contributed by atoms with Crippen LogP contribution in [0, 0.1) is 0 Å². The van der Waals surface area contributed by atoms with E-state index in [4.69, 9.17) is 4.74 Å². The number of fused-ring (bicyclic) bond motifs is 1. The lowest BCUT2D eigenvalue weighted by Crippen LogP contribution is -2.59. The molecule has 0 aromatic carbocycles. The van der Waals surface area contributed by atoms with Crippen LogP contribution in [0.5, 0.6) is 0 Å². The number of hydrogen-bond acceptors (Lipinski definition) is 4. The predicted molar refractivity (Wildman–Crippen MR) is 75.9 cm³/mol. The molecule has 8 heteroatoms. The summed E-state index contributed by atoms with van der Waals surface area (Å²) in [5.74, 6) is -0.622. The average molecular weight is 329 g/mol. The van der Waals surface area contributed by atoms with Gasteiger partial charge in [0.1, 0.15) is 0 Å². The van der Waals surface area contributed by atoms with E-state index in [9.17, 15) is 18.0 Å². The molecule has 23 heavy (non-hydrogen) atoms. The molecule has 1 aromatic rings. The molecule has 0 unspecified atom stereocenters. The van der Waals surface area contributed by atoms with Gasteiger partial charge in [-0.2, -0.15) is 13.2 Å². The van der Waals surface area contributed by atoms with E-state index < -0.39 is 23.3 Å². The molecule has 2 aliphatic rings. The highest BCUT2D eigenvalue weighted by molar-refractivity contribution is 5.95. The number of likely N-dealkylation sites (N-methyl/N-ethyl adjacent to an activating group) is 1. The number of ether oxygens (including phenoxy) is 1. The summed E-state index contributed by atoms with van der Waals surface area (Å²) in [6, 6.07) is 2.56. The minimum Gasteiger partial charge on any atom is -0.375 e. The van der Waals surface area contributed by atoms with Crippen molar-refractivity contribution in [2.75, 3.05) is 33.3 Å². The first-order chi connectivity index (χ1) is 10.9. The number of amides is 1. The fourth-order valence-electron chi connectivity index (χ4n) is 3.20. The molecule has 2 fully saturated rings. The zero-order valence-electron chi connectivity index (χ0n) is 12.7. The Kier molecular flexibility index (Phi) is 4.29. The van der Waals surface area contributed by atoms with E-state index in [1.807, 2.05) is 7.05 Å². The highest BCUT2D eigenvalue weighted by Crippen LogP contribution is 2.31. The minimum atomic E-state index is -4.64. The van der Waals surface area contributed by atoms with E-state index in [0.717, 1.165) is 12.7 Å². The molecule has 0 aliphatic carbocycles. The monoisotopic (exact) mass is 329 g/mol. The summed E-state index contributed by atoms with van der Waals surface area (Å²) in [5, 5.41) is 0. The zero-order chi connectivity index (χ0) is 16.6. The number of likely N-dealkylation sites (tertiary alicyclic amines) is 1. The molecule has 3 heterocycles. The highest BCUT2D eigenvalue weighted by Gasteiger charge is 2.41. The maximum absolute atomic E-state index is 13.0. The van der Waals surface area contributed by atoms with Gasteiger partial charge < -0.3 is 9.64 Å². The summed E-state index contributed by atoms with van der Waals surface area (Å²) < 4.78 is 44.8. The molecule has 3 rings (SSSR count). The summed E-state index contributed by atoms with van der Waals surface area (Å²) >= 11 is 0. The molecule has 1 amide bonds. The van der Waals surface area contributed by atoms with Gasteiger partial charge in [-0.15, -0.1) is 0 Å². The number of hydrogen-bond donors (Lipinski definition) is 0. The number of piperidine rings is 1. The van der Waals surface area contributed by atoms with E-state index >= 15 is 0 Å².